The first-order chi connectivity index (χ1) is 31.0. The van der Waals surface area contributed by atoms with Crippen molar-refractivity contribution < 1.29 is 29.0 Å². The number of ether oxygens (including phenoxy) is 2. The maximum absolute atomic E-state index is 13.5. The van der Waals surface area contributed by atoms with Crippen molar-refractivity contribution in [1.82, 2.24) is 0 Å². The van der Waals surface area contributed by atoms with Gasteiger partial charge in [0.1, 0.15) is 0 Å². The average molecular weight is 885 g/mol. The minimum Gasteiger partial charge on any atom is -0.455 e. The lowest BCUT2D eigenvalue weighted by Crippen LogP contribution is -2.43. The van der Waals surface area contributed by atoms with Crippen LogP contribution < -0.4 is 0 Å². The summed E-state index contributed by atoms with van der Waals surface area (Å²) in [4.78, 5) is 39.4. The van der Waals surface area contributed by atoms with E-state index in [4.69, 9.17) is 9.47 Å². The topological polar surface area (TPSA) is 89.9 Å². The number of unbranched alkanes of at least 4 members (excludes halogenated alkanes) is 33. The Morgan fingerprint density at radius 1 is 0.349 bits per heavy atom. The number of hydrogen-bond donors (Lipinski definition) is 1. The van der Waals surface area contributed by atoms with E-state index in [1.54, 1.807) is 0 Å². The Balaban J connectivity index is 4.66. The van der Waals surface area contributed by atoms with Gasteiger partial charge < -0.3 is 14.6 Å². The van der Waals surface area contributed by atoms with Crippen LogP contribution in [0.15, 0.2) is 36.5 Å². The molecule has 0 radical (unpaired) electrons. The van der Waals surface area contributed by atoms with Crippen LogP contribution >= 0.6 is 0 Å². The summed E-state index contributed by atoms with van der Waals surface area (Å²) in [6, 6.07) is 0. The van der Waals surface area contributed by atoms with E-state index in [-0.39, 0.29) is 25.0 Å². The molecule has 0 aliphatic carbocycles. The highest BCUT2D eigenvalue weighted by Gasteiger charge is 2.34. The number of Topliss-reactive ketones (excluding diaryl/α,β-unsaturated/α-hetero) is 1. The number of rotatable bonds is 50. The predicted molar refractivity (Wildman–Crippen MR) is 270 cm³/mol. The monoisotopic (exact) mass is 885 g/mol. The highest BCUT2D eigenvalue weighted by molar-refractivity contribution is 5.86. The molecule has 6 heteroatoms. The van der Waals surface area contributed by atoms with Gasteiger partial charge in [0.25, 0.3) is 0 Å². The summed E-state index contributed by atoms with van der Waals surface area (Å²) < 4.78 is 11.4. The molecular formula is C57H104O6. The molecule has 0 rings (SSSR count). The fraction of sp³-hybridized carbons (Fsp3) is 0.842. The summed E-state index contributed by atoms with van der Waals surface area (Å²) in [5.41, 5.74) is 0. The molecule has 1 N–H and O–H groups in total. The minimum absolute atomic E-state index is 0.219. The zero-order valence-electron chi connectivity index (χ0n) is 42.0. The molecule has 0 fully saturated rings. The Bertz CT molecular complexity index is 1080. The summed E-state index contributed by atoms with van der Waals surface area (Å²) in [6.07, 6.45) is 58.0. The van der Waals surface area contributed by atoms with Gasteiger partial charge in [-0.2, -0.15) is 0 Å². The maximum atomic E-state index is 13.5. The molecule has 368 valence electrons. The first-order valence-corrected chi connectivity index (χ1v) is 27.5. The molecule has 2 unspecified atom stereocenters. The largest absolute Gasteiger partial charge is 0.455 e. The van der Waals surface area contributed by atoms with E-state index in [0.29, 0.717) is 19.3 Å². The molecule has 0 aromatic carbocycles. The normalized spacial score (nSPS) is 12.8. The van der Waals surface area contributed by atoms with Crippen LogP contribution in [0.25, 0.3) is 0 Å². The van der Waals surface area contributed by atoms with Crippen molar-refractivity contribution >= 4 is 17.7 Å². The average Bonchev–Trinajstić information content (AvgIpc) is 3.28. The second-order valence-electron chi connectivity index (χ2n) is 18.6. The Morgan fingerprint density at radius 3 is 0.905 bits per heavy atom. The van der Waals surface area contributed by atoms with Gasteiger partial charge in [0.05, 0.1) is 6.61 Å². The predicted octanol–water partition coefficient (Wildman–Crippen LogP) is 17.5. The molecule has 0 saturated carbocycles. The quantitative estimate of drug-likeness (QED) is 0.0372. The van der Waals surface area contributed by atoms with Crippen LogP contribution in [0.3, 0.4) is 0 Å². The van der Waals surface area contributed by atoms with Crippen LogP contribution in [0.1, 0.15) is 290 Å². The van der Waals surface area contributed by atoms with Gasteiger partial charge >= 0.3 is 11.9 Å². The molecule has 0 amide bonds. The van der Waals surface area contributed by atoms with Gasteiger partial charge in [-0.1, -0.05) is 211 Å². The fourth-order valence-electron chi connectivity index (χ4n) is 8.16. The van der Waals surface area contributed by atoms with Gasteiger partial charge in [0.15, 0.2) is 18.0 Å². The molecule has 0 aromatic rings. The molecule has 63 heavy (non-hydrogen) atoms. The van der Waals surface area contributed by atoms with Gasteiger partial charge in [-0.05, 0) is 96.3 Å². The van der Waals surface area contributed by atoms with Crippen molar-refractivity contribution in [2.75, 3.05) is 6.61 Å². The third-order valence-electron chi connectivity index (χ3n) is 12.3. The van der Waals surface area contributed by atoms with Gasteiger partial charge in [-0.3, -0.25) is 14.4 Å². The van der Waals surface area contributed by atoms with E-state index in [9.17, 15) is 19.5 Å². The SMILES string of the molecule is CCCCCCCC/C=C\CCCCCCCC(=O)OC(CO)C(OC(=O)CCCCCCC/C=C\CCCCCCCC)C(=O)CCCCCCC/C=C\CCCCCCCC. The number of carbonyl (C=O) groups is 3. The Labute approximate surface area is 391 Å². The number of aliphatic hydroxyl groups is 1. The standard InChI is InChI=1S/C57H104O6/c1-4-7-10-13-16-19-22-25-28-31-34-37-40-43-46-49-53(59)57(63-56(61)51-48-45-42-39-36-33-30-27-24-21-18-15-12-9-6-3)54(52-58)62-55(60)50-47-44-41-38-35-32-29-26-23-20-17-14-11-8-5-2/h25-30,54,57-58H,4-24,31-52H2,1-3H3/b28-25-,29-26-,30-27-. The fourth-order valence-corrected chi connectivity index (χ4v) is 8.16. The number of allylic oxidation sites excluding steroid dienone is 6. The lowest BCUT2D eigenvalue weighted by Gasteiger charge is -2.25. The molecule has 0 bridgehead atoms. The molecule has 2 atom stereocenters. The summed E-state index contributed by atoms with van der Waals surface area (Å²) in [5.74, 6) is -1.17. The number of aliphatic hydroxyl groups excluding tert-OH is 1. The third-order valence-corrected chi connectivity index (χ3v) is 12.3. The van der Waals surface area contributed by atoms with Crippen LogP contribution in [-0.2, 0) is 23.9 Å². The number of carbonyl (C=O) groups excluding carboxylic acids is 3. The van der Waals surface area contributed by atoms with E-state index < -0.39 is 30.8 Å². The Morgan fingerprint density at radius 2 is 0.603 bits per heavy atom. The zero-order chi connectivity index (χ0) is 45.9. The molecule has 0 spiro atoms. The molecule has 0 aliphatic heterocycles. The van der Waals surface area contributed by atoms with Crippen LogP contribution in [0, 0.1) is 0 Å². The Kier molecular flexibility index (Phi) is 49.0. The van der Waals surface area contributed by atoms with Crippen molar-refractivity contribution in [2.24, 2.45) is 0 Å². The smallest absolute Gasteiger partial charge is 0.306 e. The van der Waals surface area contributed by atoms with Crippen LogP contribution in [-0.4, -0.2) is 41.6 Å². The summed E-state index contributed by atoms with van der Waals surface area (Å²) in [6.45, 7) is 6.22. The minimum atomic E-state index is -1.26. The molecule has 0 saturated heterocycles. The highest BCUT2D eigenvalue weighted by atomic mass is 16.6. The molecular weight excluding hydrogens is 781 g/mol. The van der Waals surface area contributed by atoms with E-state index in [2.05, 4.69) is 57.2 Å². The molecule has 0 aromatic heterocycles. The van der Waals surface area contributed by atoms with Crippen LogP contribution in [0.4, 0.5) is 0 Å². The molecule has 0 aliphatic rings. The van der Waals surface area contributed by atoms with Gasteiger partial charge in [-0.15, -0.1) is 0 Å². The van der Waals surface area contributed by atoms with E-state index in [1.807, 2.05) is 0 Å². The number of esters is 2. The van der Waals surface area contributed by atoms with Crippen molar-refractivity contribution in [3.05, 3.63) is 36.5 Å². The number of hydrogen-bond acceptors (Lipinski definition) is 6. The summed E-state index contributed by atoms with van der Waals surface area (Å²) in [5, 5.41) is 10.3. The summed E-state index contributed by atoms with van der Waals surface area (Å²) >= 11 is 0. The summed E-state index contributed by atoms with van der Waals surface area (Å²) in [7, 11) is 0. The lowest BCUT2D eigenvalue weighted by atomic mass is 10.0. The van der Waals surface area contributed by atoms with Gasteiger partial charge in [0, 0.05) is 19.3 Å². The van der Waals surface area contributed by atoms with Crippen LogP contribution in [0.2, 0.25) is 0 Å². The van der Waals surface area contributed by atoms with Crippen molar-refractivity contribution in [3.63, 3.8) is 0 Å². The Hall–Kier alpha value is -2.21. The second kappa shape index (κ2) is 50.8. The van der Waals surface area contributed by atoms with Crippen LogP contribution in [0.5, 0.6) is 0 Å². The van der Waals surface area contributed by atoms with E-state index in [1.165, 1.54) is 135 Å². The number of ketones is 1. The van der Waals surface area contributed by atoms with Crippen molar-refractivity contribution in [3.8, 4) is 0 Å². The van der Waals surface area contributed by atoms with Crippen molar-refractivity contribution in [2.45, 2.75) is 303 Å². The maximum Gasteiger partial charge on any atom is 0.306 e. The lowest BCUT2D eigenvalue weighted by molar-refractivity contribution is -0.175. The van der Waals surface area contributed by atoms with E-state index in [0.717, 1.165) is 96.3 Å². The first kappa shape index (κ1) is 60.8. The highest BCUT2D eigenvalue weighted by Crippen LogP contribution is 2.18. The molecule has 6 nitrogen and oxygen atoms in total. The zero-order valence-corrected chi connectivity index (χ0v) is 42.0. The second-order valence-corrected chi connectivity index (χ2v) is 18.6. The van der Waals surface area contributed by atoms with Gasteiger partial charge in [-0.25, -0.2) is 0 Å². The van der Waals surface area contributed by atoms with Crippen molar-refractivity contribution in [1.29, 1.82) is 0 Å². The third kappa shape index (κ3) is 44.8. The van der Waals surface area contributed by atoms with Gasteiger partial charge in [0.2, 0.25) is 0 Å². The van der Waals surface area contributed by atoms with E-state index >= 15 is 0 Å². The molecule has 0 heterocycles. The first-order valence-electron chi connectivity index (χ1n) is 27.5.